The third-order valence-electron chi connectivity index (χ3n) is 3.75. The molecule has 1 amide bonds. The van der Waals surface area contributed by atoms with E-state index in [1.807, 2.05) is 0 Å². The second kappa shape index (κ2) is 8.09. The number of nitrogens with one attached hydrogen (secondary N) is 1. The molecule has 1 N–H and O–H groups in total. The van der Waals surface area contributed by atoms with Gasteiger partial charge in [0.1, 0.15) is 10.6 Å². The van der Waals surface area contributed by atoms with Gasteiger partial charge in [-0.25, -0.2) is 8.42 Å². The molecule has 1 aliphatic heterocycles. The SMILES string of the molecule is CNCCC(=O)N1CCN(S(=O)(=O)c2c(C)noc2C)CC1.Cl. The zero-order valence-corrected chi connectivity index (χ0v) is 15.2. The van der Waals surface area contributed by atoms with Crippen molar-refractivity contribution in [1.29, 1.82) is 0 Å². The van der Waals surface area contributed by atoms with Crippen molar-refractivity contribution in [1.82, 2.24) is 19.7 Å². The lowest BCUT2D eigenvalue weighted by Gasteiger charge is -2.34. The molecule has 0 aliphatic carbocycles. The monoisotopic (exact) mass is 366 g/mol. The minimum atomic E-state index is -3.62. The standard InChI is InChI=1S/C13H22N4O4S.ClH/c1-10-13(11(2)21-15-10)22(19,20)17-8-6-16(7-9-17)12(18)4-5-14-3;/h14H,4-9H2,1-3H3;1H. The molecule has 0 radical (unpaired) electrons. The summed E-state index contributed by atoms with van der Waals surface area (Å²) in [5.74, 6) is 0.341. The van der Waals surface area contributed by atoms with Crippen LogP contribution in [0.4, 0.5) is 0 Å². The van der Waals surface area contributed by atoms with Crippen LogP contribution < -0.4 is 5.32 Å². The van der Waals surface area contributed by atoms with Crippen LogP contribution in [0.1, 0.15) is 17.9 Å². The highest BCUT2D eigenvalue weighted by Crippen LogP contribution is 2.24. The Hall–Kier alpha value is -1.16. The Morgan fingerprint density at radius 3 is 2.35 bits per heavy atom. The predicted octanol–water partition coefficient (Wildman–Crippen LogP) is 0.156. The first-order valence-corrected chi connectivity index (χ1v) is 8.67. The first-order chi connectivity index (χ1) is 10.4. The van der Waals surface area contributed by atoms with E-state index in [1.54, 1.807) is 25.8 Å². The van der Waals surface area contributed by atoms with Gasteiger partial charge in [-0.15, -0.1) is 12.4 Å². The van der Waals surface area contributed by atoms with Crippen molar-refractivity contribution < 1.29 is 17.7 Å². The second-order valence-electron chi connectivity index (χ2n) is 5.29. The van der Waals surface area contributed by atoms with Crippen LogP contribution in [0.5, 0.6) is 0 Å². The normalized spacial score (nSPS) is 16.2. The van der Waals surface area contributed by atoms with Gasteiger partial charge in [-0.3, -0.25) is 4.79 Å². The number of aryl methyl sites for hydroxylation is 2. The van der Waals surface area contributed by atoms with Gasteiger partial charge in [0.05, 0.1) is 0 Å². The van der Waals surface area contributed by atoms with Crippen LogP contribution in [-0.2, 0) is 14.8 Å². The van der Waals surface area contributed by atoms with Crippen molar-refractivity contribution in [2.45, 2.75) is 25.2 Å². The lowest BCUT2D eigenvalue weighted by molar-refractivity contribution is -0.132. The molecule has 0 spiro atoms. The molecule has 0 bridgehead atoms. The molecule has 2 heterocycles. The largest absolute Gasteiger partial charge is 0.360 e. The van der Waals surface area contributed by atoms with E-state index < -0.39 is 10.0 Å². The summed E-state index contributed by atoms with van der Waals surface area (Å²) < 4.78 is 31.6. The van der Waals surface area contributed by atoms with Gasteiger partial charge in [0, 0.05) is 39.1 Å². The molecule has 10 heteroatoms. The molecule has 1 fully saturated rings. The summed E-state index contributed by atoms with van der Waals surface area (Å²) in [6.07, 6.45) is 0.424. The highest BCUT2D eigenvalue weighted by atomic mass is 35.5. The summed E-state index contributed by atoms with van der Waals surface area (Å²) in [7, 11) is -1.83. The molecule has 0 unspecified atom stereocenters. The number of carbonyl (C=O) groups excluding carboxylic acids is 1. The number of halogens is 1. The number of hydrogen-bond acceptors (Lipinski definition) is 6. The summed E-state index contributed by atoms with van der Waals surface area (Å²) >= 11 is 0. The summed E-state index contributed by atoms with van der Waals surface area (Å²) in [6, 6.07) is 0. The zero-order chi connectivity index (χ0) is 16.3. The van der Waals surface area contributed by atoms with Crippen LogP contribution in [-0.4, -0.2) is 68.5 Å². The average molecular weight is 367 g/mol. The highest BCUT2D eigenvalue weighted by Gasteiger charge is 2.33. The molecule has 0 saturated carbocycles. The molecule has 1 saturated heterocycles. The Balaban J connectivity index is 0.00000264. The lowest BCUT2D eigenvalue weighted by atomic mass is 10.3. The average Bonchev–Trinajstić information content (AvgIpc) is 2.84. The maximum absolute atomic E-state index is 12.7. The van der Waals surface area contributed by atoms with E-state index in [1.165, 1.54) is 4.31 Å². The lowest BCUT2D eigenvalue weighted by Crippen LogP contribution is -2.50. The van der Waals surface area contributed by atoms with Crippen molar-refractivity contribution >= 4 is 28.3 Å². The van der Waals surface area contributed by atoms with E-state index in [-0.39, 0.29) is 36.3 Å². The van der Waals surface area contributed by atoms with Crippen LogP contribution in [0.25, 0.3) is 0 Å². The van der Waals surface area contributed by atoms with Crippen molar-refractivity contribution in [3.63, 3.8) is 0 Å². The molecule has 23 heavy (non-hydrogen) atoms. The number of rotatable bonds is 5. The van der Waals surface area contributed by atoms with Crippen LogP contribution in [0.2, 0.25) is 0 Å². The topological polar surface area (TPSA) is 95.8 Å². The Labute approximate surface area is 142 Å². The molecule has 1 aliphatic rings. The van der Waals surface area contributed by atoms with Gasteiger partial charge >= 0.3 is 0 Å². The third-order valence-corrected chi connectivity index (χ3v) is 5.89. The molecule has 0 atom stereocenters. The van der Waals surface area contributed by atoms with E-state index in [4.69, 9.17) is 4.52 Å². The molecular formula is C13H23ClN4O4S. The number of piperazine rings is 1. The van der Waals surface area contributed by atoms with E-state index in [9.17, 15) is 13.2 Å². The van der Waals surface area contributed by atoms with Crippen LogP contribution >= 0.6 is 12.4 Å². The number of hydrogen-bond donors (Lipinski definition) is 1. The number of amides is 1. The van der Waals surface area contributed by atoms with Gasteiger partial charge in [0.25, 0.3) is 0 Å². The maximum atomic E-state index is 12.7. The zero-order valence-electron chi connectivity index (χ0n) is 13.5. The van der Waals surface area contributed by atoms with Gasteiger partial charge in [0.15, 0.2) is 5.76 Å². The van der Waals surface area contributed by atoms with Crippen molar-refractivity contribution in [2.75, 3.05) is 39.8 Å². The molecule has 1 aromatic rings. The number of carbonyl (C=O) groups is 1. The Kier molecular flexibility index (Phi) is 7.00. The fourth-order valence-corrected chi connectivity index (χ4v) is 4.25. The van der Waals surface area contributed by atoms with Crippen molar-refractivity contribution in [3.8, 4) is 0 Å². The predicted molar refractivity (Wildman–Crippen MR) is 87.1 cm³/mol. The van der Waals surface area contributed by atoms with E-state index in [2.05, 4.69) is 10.5 Å². The Bertz CT molecular complexity index is 619. The number of aromatic nitrogens is 1. The first kappa shape index (κ1) is 19.9. The van der Waals surface area contributed by atoms with Crippen molar-refractivity contribution in [2.24, 2.45) is 0 Å². The quantitative estimate of drug-likeness (QED) is 0.797. The molecule has 1 aromatic heterocycles. The second-order valence-corrected chi connectivity index (χ2v) is 7.17. The van der Waals surface area contributed by atoms with Gasteiger partial charge in [0.2, 0.25) is 15.9 Å². The van der Waals surface area contributed by atoms with Crippen LogP contribution in [0.15, 0.2) is 9.42 Å². The molecular weight excluding hydrogens is 344 g/mol. The molecule has 0 aromatic carbocycles. The number of nitrogens with zero attached hydrogens (tertiary/aromatic N) is 3. The van der Waals surface area contributed by atoms with E-state index in [0.717, 1.165) is 0 Å². The summed E-state index contributed by atoms with van der Waals surface area (Å²) in [5, 5.41) is 6.63. The number of sulfonamides is 1. The third kappa shape index (κ3) is 4.23. The molecule has 8 nitrogen and oxygen atoms in total. The van der Waals surface area contributed by atoms with Crippen LogP contribution in [0, 0.1) is 13.8 Å². The molecule has 2 rings (SSSR count). The van der Waals surface area contributed by atoms with Gasteiger partial charge in [-0.2, -0.15) is 4.31 Å². The van der Waals surface area contributed by atoms with Gasteiger partial charge in [-0.05, 0) is 20.9 Å². The minimum absolute atomic E-state index is 0. The van der Waals surface area contributed by atoms with E-state index in [0.29, 0.717) is 37.5 Å². The van der Waals surface area contributed by atoms with E-state index >= 15 is 0 Å². The minimum Gasteiger partial charge on any atom is -0.360 e. The Morgan fingerprint density at radius 2 is 1.87 bits per heavy atom. The smallest absolute Gasteiger partial charge is 0.248 e. The highest BCUT2D eigenvalue weighted by molar-refractivity contribution is 7.89. The van der Waals surface area contributed by atoms with Gasteiger partial charge < -0.3 is 14.7 Å². The fraction of sp³-hybridized carbons (Fsp3) is 0.692. The summed E-state index contributed by atoms with van der Waals surface area (Å²) in [6.45, 7) is 5.22. The van der Waals surface area contributed by atoms with Crippen LogP contribution in [0.3, 0.4) is 0 Å². The maximum Gasteiger partial charge on any atom is 0.248 e. The first-order valence-electron chi connectivity index (χ1n) is 7.23. The Morgan fingerprint density at radius 1 is 1.26 bits per heavy atom. The van der Waals surface area contributed by atoms with Gasteiger partial charge in [-0.1, -0.05) is 5.16 Å². The van der Waals surface area contributed by atoms with Crippen molar-refractivity contribution in [3.05, 3.63) is 11.5 Å². The summed E-state index contributed by atoms with van der Waals surface area (Å²) in [4.78, 5) is 13.8. The molecule has 132 valence electrons. The summed E-state index contributed by atoms with van der Waals surface area (Å²) in [5.41, 5.74) is 0.366. The fourth-order valence-electron chi connectivity index (χ4n) is 2.54.